The summed E-state index contributed by atoms with van der Waals surface area (Å²) in [6.45, 7) is 3.58. The number of nitrogens with one attached hydrogen (secondary N) is 4. The summed E-state index contributed by atoms with van der Waals surface area (Å²) in [7, 11) is 0. The van der Waals surface area contributed by atoms with E-state index in [-0.39, 0.29) is 11.5 Å². The van der Waals surface area contributed by atoms with Crippen molar-refractivity contribution in [1.29, 1.82) is 0 Å². The molecule has 10 heteroatoms. The number of anilines is 3. The first kappa shape index (κ1) is 21.5. The lowest BCUT2D eigenvalue weighted by atomic mass is 10.1. The summed E-state index contributed by atoms with van der Waals surface area (Å²) in [5.41, 5.74) is 3.14. The number of H-pyrrole nitrogens is 1. The molecule has 0 spiro atoms. The molecule has 0 radical (unpaired) electrons. The van der Waals surface area contributed by atoms with Gasteiger partial charge in [-0.2, -0.15) is 10.2 Å². The lowest BCUT2D eigenvalue weighted by molar-refractivity contribution is 0.102. The van der Waals surface area contributed by atoms with Gasteiger partial charge in [-0.25, -0.2) is 14.6 Å². The number of hydrogen-bond acceptors (Lipinski definition) is 5. The second kappa shape index (κ2) is 9.18. The van der Waals surface area contributed by atoms with Crippen LogP contribution in [-0.2, 0) is 0 Å². The van der Waals surface area contributed by atoms with Gasteiger partial charge in [0.15, 0.2) is 5.82 Å². The predicted molar refractivity (Wildman–Crippen MR) is 125 cm³/mol. The molecular weight excluding hydrogens is 422 g/mol. The fourth-order valence-corrected chi connectivity index (χ4v) is 3.16. The van der Waals surface area contributed by atoms with Crippen molar-refractivity contribution < 1.29 is 9.59 Å². The molecule has 0 aliphatic heterocycles. The number of nitrogens with zero attached hydrogens (tertiary/aromatic N) is 3. The highest BCUT2D eigenvalue weighted by Crippen LogP contribution is 2.22. The van der Waals surface area contributed by atoms with Crippen molar-refractivity contribution in [2.24, 2.45) is 0 Å². The van der Waals surface area contributed by atoms with E-state index in [9.17, 15) is 14.4 Å². The molecular formula is C23H21N7O3. The molecule has 2 heterocycles. The zero-order valence-corrected chi connectivity index (χ0v) is 17.9. The minimum Gasteiger partial charge on any atom is -0.322 e. The van der Waals surface area contributed by atoms with Crippen molar-refractivity contribution in [2.75, 3.05) is 16.0 Å². The summed E-state index contributed by atoms with van der Waals surface area (Å²) in [6, 6.07) is 16.8. The van der Waals surface area contributed by atoms with E-state index in [1.165, 1.54) is 23.0 Å². The van der Waals surface area contributed by atoms with E-state index in [2.05, 4.69) is 31.2 Å². The van der Waals surface area contributed by atoms with Crippen LogP contribution in [0.1, 0.15) is 21.6 Å². The first-order valence-electron chi connectivity index (χ1n) is 10.1. The van der Waals surface area contributed by atoms with Crippen LogP contribution >= 0.6 is 0 Å². The molecule has 166 valence electrons. The fourth-order valence-electron chi connectivity index (χ4n) is 3.16. The summed E-state index contributed by atoms with van der Waals surface area (Å²) < 4.78 is 1.46. The number of aromatic amines is 1. The molecule has 0 saturated carbocycles. The van der Waals surface area contributed by atoms with E-state index in [0.29, 0.717) is 34.1 Å². The van der Waals surface area contributed by atoms with Gasteiger partial charge < -0.3 is 16.0 Å². The molecule has 0 aliphatic rings. The fraction of sp³-hybridized carbons (Fsp3) is 0.0870. The molecule has 33 heavy (non-hydrogen) atoms. The zero-order valence-electron chi connectivity index (χ0n) is 17.9. The molecule has 0 fully saturated rings. The average molecular weight is 443 g/mol. The van der Waals surface area contributed by atoms with Gasteiger partial charge in [0.05, 0.1) is 17.5 Å². The van der Waals surface area contributed by atoms with E-state index in [0.717, 1.165) is 5.56 Å². The highest BCUT2D eigenvalue weighted by atomic mass is 16.2. The number of carbonyl (C=O) groups excluding carboxylic acids is 2. The number of aryl methyl sites for hydroxylation is 1. The largest absolute Gasteiger partial charge is 0.323 e. The molecule has 0 unspecified atom stereocenters. The lowest BCUT2D eigenvalue weighted by Crippen LogP contribution is -2.20. The standard InChI is InChI=1S/C23H21N7O3/c1-14-8-9-17(26-23(33)25-16-6-4-3-5-7-16)12-19(14)27-22(32)18-13-24-30(15(18)2)20-10-11-21(31)29-28-20/h3-13H,1-2H3,(H,27,32)(H,29,31)(H2,25,26,33). The van der Waals surface area contributed by atoms with Gasteiger partial charge in [0.25, 0.3) is 11.5 Å². The van der Waals surface area contributed by atoms with Gasteiger partial charge in [-0.1, -0.05) is 24.3 Å². The van der Waals surface area contributed by atoms with E-state index < -0.39 is 6.03 Å². The molecule has 4 N–H and O–H groups in total. The molecule has 0 bridgehead atoms. The van der Waals surface area contributed by atoms with Crippen molar-refractivity contribution >= 4 is 29.0 Å². The molecule has 3 amide bonds. The van der Waals surface area contributed by atoms with E-state index in [4.69, 9.17) is 0 Å². The molecule has 0 saturated heterocycles. The number of urea groups is 1. The first-order chi connectivity index (χ1) is 15.9. The van der Waals surface area contributed by atoms with Crippen LogP contribution in [0.15, 0.2) is 71.7 Å². The number of hydrogen-bond donors (Lipinski definition) is 4. The van der Waals surface area contributed by atoms with Crippen molar-refractivity contribution in [3.05, 3.63) is 94.0 Å². The maximum atomic E-state index is 12.9. The number of benzene rings is 2. The van der Waals surface area contributed by atoms with Crippen LogP contribution < -0.4 is 21.5 Å². The van der Waals surface area contributed by atoms with Gasteiger partial charge in [-0.15, -0.1) is 0 Å². The normalized spacial score (nSPS) is 10.5. The van der Waals surface area contributed by atoms with Crippen LogP contribution in [0.25, 0.3) is 5.82 Å². The summed E-state index contributed by atoms with van der Waals surface area (Å²) in [4.78, 5) is 36.4. The molecule has 2 aromatic carbocycles. The Morgan fingerprint density at radius 3 is 2.39 bits per heavy atom. The Hall–Kier alpha value is -4.73. The third kappa shape index (κ3) is 4.96. The van der Waals surface area contributed by atoms with Crippen molar-refractivity contribution in [1.82, 2.24) is 20.0 Å². The molecule has 2 aromatic heterocycles. The van der Waals surface area contributed by atoms with Crippen LogP contribution in [0.2, 0.25) is 0 Å². The maximum absolute atomic E-state index is 12.9. The Morgan fingerprint density at radius 2 is 1.67 bits per heavy atom. The quantitative estimate of drug-likeness (QED) is 0.375. The lowest BCUT2D eigenvalue weighted by Gasteiger charge is -2.12. The summed E-state index contributed by atoms with van der Waals surface area (Å²) in [6.07, 6.45) is 1.43. The van der Waals surface area contributed by atoms with Crippen molar-refractivity contribution in [3.63, 3.8) is 0 Å². The number of para-hydroxylation sites is 1. The van der Waals surface area contributed by atoms with Gasteiger partial charge >= 0.3 is 6.03 Å². The predicted octanol–water partition coefficient (Wildman–Crippen LogP) is 3.47. The number of carbonyl (C=O) groups is 2. The van der Waals surface area contributed by atoms with Crippen molar-refractivity contribution in [2.45, 2.75) is 13.8 Å². The van der Waals surface area contributed by atoms with Gasteiger partial charge in [-0.3, -0.25) is 9.59 Å². The molecule has 0 atom stereocenters. The maximum Gasteiger partial charge on any atom is 0.323 e. The molecule has 4 rings (SSSR count). The number of amides is 3. The van der Waals surface area contributed by atoms with Crippen LogP contribution in [0.5, 0.6) is 0 Å². The van der Waals surface area contributed by atoms with Gasteiger partial charge in [0, 0.05) is 23.1 Å². The van der Waals surface area contributed by atoms with Crippen molar-refractivity contribution in [3.8, 4) is 5.82 Å². The zero-order chi connectivity index (χ0) is 23.4. The highest BCUT2D eigenvalue weighted by Gasteiger charge is 2.17. The Balaban J connectivity index is 1.49. The second-order valence-corrected chi connectivity index (χ2v) is 7.26. The Labute approximate surface area is 188 Å². The monoisotopic (exact) mass is 443 g/mol. The summed E-state index contributed by atoms with van der Waals surface area (Å²) in [5.74, 6) is 0.0233. The van der Waals surface area contributed by atoms with E-state index in [1.54, 1.807) is 37.3 Å². The topological polar surface area (TPSA) is 134 Å². The molecule has 4 aromatic rings. The van der Waals surface area contributed by atoms with E-state index >= 15 is 0 Å². The Kier molecular flexibility index (Phi) is 5.98. The minimum absolute atomic E-state index is 0.331. The first-order valence-corrected chi connectivity index (χ1v) is 10.1. The SMILES string of the molecule is Cc1ccc(NC(=O)Nc2ccccc2)cc1NC(=O)c1cnn(-c2ccc(=O)[nH]n2)c1C. The smallest absolute Gasteiger partial charge is 0.322 e. The number of aromatic nitrogens is 4. The summed E-state index contributed by atoms with van der Waals surface area (Å²) >= 11 is 0. The molecule has 10 nitrogen and oxygen atoms in total. The van der Waals surface area contributed by atoms with Crippen LogP contribution in [0.3, 0.4) is 0 Å². The van der Waals surface area contributed by atoms with E-state index in [1.807, 2.05) is 25.1 Å². The van der Waals surface area contributed by atoms with Gasteiger partial charge in [0.1, 0.15) is 0 Å². The van der Waals surface area contributed by atoms with Gasteiger partial charge in [0.2, 0.25) is 0 Å². The Bertz CT molecular complexity index is 1360. The average Bonchev–Trinajstić information content (AvgIpc) is 3.18. The number of rotatable bonds is 5. The van der Waals surface area contributed by atoms with Gasteiger partial charge in [-0.05, 0) is 49.7 Å². The van der Waals surface area contributed by atoms with Crippen LogP contribution in [0, 0.1) is 13.8 Å². The highest BCUT2D eigenvalue weighted by molar-refractivity contribution is 6.06. The summed E-state index contributed by atoms with van der Waals surface area (Å²) in [5, 5.41) is 18.8. The van der Waals surface area contributed by atoms with Crippen LogP contribution in [0.4, 0.5) is 21.9 Å². The third-order valence-corrected chi connectivity index (χ3v) is 4.91. The van der Waals surface area contributed by atoms with Crippen LogP contribution in [-0.4, -0.2) is 31.9 Å². The minimum atomic E-state index is -0.396. The Morgan fingerprint density at radius 1 is 0.909 bits per heavy atom. The molecule has 0 aliphatic carbocycles. The third-order valence-electron chi connectivity index (χ3n) is 4.91. The second-order valence-electron chi connectivity index (χ2n) is 7.26.